The minimum atomic E-state index is -1.12. The first kappa shape index (κ1) is 21.0. The fourth-order valence-corrected chi connectivity index (χ4v) is 5.59. The van der Waals surface area contributed by atoms with Crippen LogP contribution in [-0.2, 0) is 9.59 Å². The third kappa shape index (κ3) is 5.02. The molecule has 0 spiro atoms. The van der Waals surface area contributed by atoms with Gasteiger partial charge >= 0.3 is 5.97 Å². The van der Waals surface area contributed by atoms with Gasteiger partial charge in [0.1, 0.15) is 0 Å². The summed E-state index contributed by atoms with van der Waals surface area (Å²) >= 11 is 5.71. The molecule has 116 valence electrons. The number of carbonyl (C=O) groups is 3. The number of carboxylic acid groups (broad SMARTS) is 1. The maximum atomic E-state index is 11.4. The van der Waals surface area contributed by atoms with Gasteiger partial charge in [-0.05, 0) is 78.7 Å². The molecule has 0 heterocycles. The van der Waals surface area contributed by atoms with Gasteiger partial charge in [-0.15, -0.1) is 0 Å². The van der Waals surface area contributed by atoms with Crippen LogP contribution < -0.4 is 10.6 Å². The first-order chi connectivity index (χ1) is 9.16. The van der Waals surface area contributed by atoms with Crippen LogP contribution in [0, 0.1) is 10.7 Å². The lowest BCUT2D eigenvalue weighted by atomic mass is 10.1. The molecular weight excluding hydrogens is 633 g/mol. The lowest BCUT2D eigenvalue weighted by molar-refractivity contribution is -0.115. The summed E-state index contributed by atoms with van der Waals surface area (Å²) in [5.41, 5.74) is 0.833. The molecule has 2 amide bonds. The standard InChI is InChI=1S/C11H9I3N2O4.H4Si/c1-3(17)15-9-6(12)5(11(19)20)7(13)10(8(9)14)16-4(2)18;/h1-2H3,(H,15,17)(H,16,18)(H,19,20);1H4. The zero-order chi connectivity index (χ0) is 15.6. The SMILES string of the molecule is CC(=O)Nc1c(I)c(NC(C)=O)c(I)c(C(=O)O)c1I.[SiH4]. The van der Waals surface area contributed by atoms with E-state index in [1.54, 1.807) is 0 Å². The van der Waals surface area contributed by atoms with Crippen molar-refractivity contribution in [2.24, 2.45) is 0 Å². The molecule has 0 atom stereocenters. The van der Waals surface area contributed by atoms with Crippen LogP contribution in [0.1, 0.15) is 24.2 Å². The smallest absolute Gasteiger partial charge is 0.338 e. The van der Waals surface area contributed by atoms with Crippen LogP contribution in [0.3, 0.4) is 0 Å². The Labute approximate surface area is 166 Å². The third-order valence-corrected chi connectivity index (χ3v) is 5.37. The van der Waals surface area contributed by atoms with E-state index in [4.69, 9.17) is 0 Å². The molecule has 3 N–H and O–H groups in total. The van der Waals surface area contributed by atoms with Gasteiger partial charge in [0, 0.05) is 13.8 Å². The minimum absolute atomic E-state index is 0. The quantitative estimate of drug-likeness (QED) is 0.345. The number of carbonyl (C=O) groups excluding carboxylic acids is 2. The van der Waals surface area contributed by atoms with Gasteiger partial charge in [0.2, 0.25) is 11.8 Å². The fourth-order valence-electron chi connectivity index (χ4n) is 1.42. The number of anilines is 2. The Bertz CT molecular complexity index is 579. The molecule has 0 bridgehead atoms. The van der Waals surface area contributed by atoms with Crippen molar-refractivity contribution in [3.8, 4) is 0 Å². The molecule has 0 fully saturated rings. The van der Waals surface area contributed by atoms with E-state index in [-0.39, 0.29) is 28.3 Å². The van der Waals surface area contributed by atoms with Gasteiger partial charge in [0.05, 0.1) is 27.6 Å². The second kappa shape index (κ2) is 8.61. The van der Waals surface area contributed by atoms with Crippen molar-refractivity contribution in [2.75, 3.05) is 10.6 Å². The van der Waals surface area contributed by atoms with Crippen molar-refractivity contribution in [3.05, 3.63) is 16.3 Å². The summed E-state index contributed by atoms with van der Waals surface area (Å²) in [5.74, 6) is -1.74. The van der Waals surface area contributed by atoms with Crippen molar-refractivity contribution in [2.45, 2.75) is 13.8 Å². The average molecular weight is 646 g/mol. The van der Waals surface area contributed by atoms with Crippen LogP contribution in [0.15, 0.2) is 0 Å². The van der Waals surface area contributed by atoms with Gasteiger partial charge < -0.3 is 15.7 Å². The normalized spacial score (nSPS) is 9.57. The van der Waals surface area contributed by atoms with E-state index in [9.17, 15) is 19.5 Å². The third-order valence-electron chi connectivity index (χ3n) is 2.13. The van der Waals surface area contributed by atoms with Gasteiger partial charge in [-0.25, -0.2) is 4.79 Å². The number of hydrogen-bond acceptors (Lipinski definition) is 3. The molecule has 1 aromatic rings. The van der Waals surface area contributed by atoms with Crippen LogP contribution in [0.25, 0.3) is 0 Å². The van der Waals surface area contributed by atoms with Crippen molar-refractivity contribution in [3.63, 3.8) is 0 Å². The number of halogens is 3. The van der Waals surface area contributed by atoms with Crippen molar-refractivity contribution >= 4 is 108 Å². The highest BCUT2D eigenvalue weighted by Gasteiger charge is 2.25. The van der Waals surface area contributed by atoms with Gasteiger partial charge in [-0.1, -0.05) is 0 Å². The molecule has 0 aliphatic heterocycles. The fraction of sp³-hybridized carbons (Fsp3) is 0.182. The molecule has 0 aliphatic carbocycles. The zero-order valence-electron chi connectivity index (χ0n) is 10.3. The van der Waals surface area contributed by atoms with E-state index in [1.807, 2.05) is 67.8 Å². The van der Waals surface area contributed by atoms with Gasteiger partial charge in [0.25, 0.3) is 0 Å². The van der Waals surface area contributed by atoms with Crippen molar-refractivity contribution in [1.29, 1.82) is 0 Å². The summed E-state index contributed by atoms with van der Waals surface area (Å²) < 4.78 is 1.44. The predicted molar refractivity (Wildman–Crippen MR) is 111 cm³/mol. The molecule has 21 heavy (non-hydrogen) atoms. The summed E-state index contributed by atoms with van der Waals surface area (Å²) in [7, 11) is 0. The molecule has 0 saturated heterocycles. The summed E-state index contributed by atoms with van der Waals surface area (Å²) in [6.45, 7) is 2.67. The number of rotatable bonds is 3. The maximum absolute atomic E-state index is 11.4. The molecule has 0 radical (unpaired) electrons. The number of hydrogen-bond donors (Lipinski definition) is 3. The number of nitrogens with one attached hydrogen (secondary N) is 2. The summed E-state index contributed by atoms with van der Waals surface area (Å²) in [5, 5.41) is 14.5. The Balaban J connectivity index is 0.00000400. The first-order valence-electron chi connectivity index (χ1n) is 5.15. The highest BCUT2D eigenvalue weighted by atomic mass is 127. The number of aromatic carboxylic acids is 1. The van der Waals surface area contributed by atoms with Gasteiger partial charge in [0.15, 0.2) is 0 Å². The number of amides is 2. The van der Waals surface area contributed by atoms with Crippen molar-refractivity contribution < 1.29 is 19.5 Å². The van der Waals surface area contributed by atoms with Crippen LogP contribution >= 0.6 is 67.8 Å². The Morgan fingerprint density at radius 1 is 0.857 bits per heavy atom. The predicted octanol–water partition coefficient (Wildman–Crippen LogP) is 1.66. The van der Waals surface area contributed by atoms with Gasteiger partial charge in [-0.2, -0.15) is 0 Å². The van der Waals surface area contributed by atoms with Crippen LogP contribution in [0.5, 0.6) is 0 Å². The topological polar surface area (TPSA) is 95.5 Å². The molecule has 0 saturated carbocycles. The molecule has 1 aromatic carbocycles. The van der Waals surface area contributed by atoms with Crippen LogP contribution in [0.2, 0.25) is 0 Å². The maximum Gasteiger partial charge on any atom is 0.338 e. The Morgan fingerprint density at radius 2 is 1.19 bits per heavy atom. The Kier molecular flexibility index (Phi) is 8.63. The molecule has 0 aromatic heterocycles. The number of carboxylic acids is 1. The second-order valence-electron chi connectivity index (χ2n) is 3.73. The van der Waals surface area contributed by atoms with E-state index >= 15 is 0 Å². The molecule has 0 unspecified atom stereocenters. The lowest BCUT2D eigenvalue weighted by Gasteiger charge is -2.17. The molecule has 1 rings (SSSR count). The molecule has 0 aliphatic rings. The Hall–Kier alpha value is 0.0369. The van der Waals surface area contributed by atoms with Crippen molar-refractivity contribution in [1.82, 2.24) is 0 Å². The molecule has 6 nitrogen and oxygen atoms in total. The first-order valence-corrected chi connectivity index (χ1v) is 8.39. The molecule has 10 heteroatoms. The summed E-state index contributed by atoms with van der Waals surface area (Å²) in [6.07, 6.45) is 0. The molecular formula is C11H13I3N2O4Si. The largest absolute Gasteiger partial charge is 0.478 e. The Morgan fingerprint density at radius 3 is 1.43 bits per heavy atom. The summed E-state index contributed by atoms with van der Waals surface area (Å²) in [4.78, 5) is 33.9. The lowest BCUT2D eigenvalue weighted by Crippen LogP contribution is -2.17. The zero-order valence-corrected chi connectivity index (χ0v) is 16.8. The average Bonchev–Trinajstić information content (AvgIpc) is 2.29. The second-order valence-corrected chi connectivity index (χ2v) is 6.97. The highest BCUT2D eigenvalue weighted by Crippen LogP contribution is 2.38. The number of benzene rings is 1. The van der Waals surface area contributed by atoms with E-state index in [1.165, 1.54) is 13.8 Å². The van der Waals surface area contributed by atoms with E-state index in [0.717, 1.165) is 0 Å². The summed E-state index contributed by atoms with van der Waals surface area (Å²) in [6, 6.07) is 0. The monoisotopic (exact) mass is 646 g/mol. The van der Waals surface area contributed by atoms with Gasteiger partial charge in [-0.3, -0.25) is 9.59 Å². The van der Waals surface area contributed by atoms with E-state index < -0.39 is 5.97 Å². The van der Waals surface area contributed by atoms with Crippen LogP contribution in [-0.4, -0.2) is 33.9 Å². The highest BCUT2D eigenvalue weighted by molar-refractivity contribution is 14.1. The van der Waals surface area contributed by atoms with Crippen LogP contribution in [0.4, 0.5) is 11.4 Å². The van der Waals surface area contributed by atoms with E-state index in [2.05, 4.69) is 10.6 Å². The van der Waals surface area contributed by atoms with E-state index in [0.29, 0.717) is 22.1 Å². The minimum Gasteiger partial charge on any atom is -0.478 e.